The normalized spacial score (nSPS) is 12.0. The zero-order valence-corrected chi connectivity index (χ0v) is 4.65. The number of aliphatic hydroxyl groups excluding tert-OH is 1. The molecular formula is C4H7F3NO. The van der Waals surface area contributed by atoms with Crippen LogP contribution in [0.4, 0.5) is 13.2 Å². The van der Waals surface area contributed by atoms with Gasteiger partial charge in [-0.15, -0.1) is 5.32 Å². The summed E-state index contributed by atoms with van der Waals surface area (Å²) >= 11 is 0. The topological polar surface area (TPSA) is 34.3 Å². The lowest BCUT2D eigenvalue weighted by atomic mass is 10.5. The number of hydrogen-bond donors (Lipinski definition) is 1. The maximum absolute atomic E-state index is 11.1. The van der Waals surface area contributed by atoms with Crippen LogP contribution in [0.15, 0.2) is 0 Å². The van der Waals surface area contributed by atoms with E-state index in [-0.39, 0.29) is 19.6 Å². The molecule has 0 saturated carbocycles. The molecule has 0 aliphatic rings. The van der Waals surface area contributed by atoms with E-state index in [0.717, 1.165) is 0 Å². The van der Waals surface area contributed by atoms with Crippen LogP contribution in [0, 0.1) is 0 Å². The molecule has 0 rings (SSSR count). The minimum atomic E-state index is -4.44. The van der Waals surface area contributed by atoms with E-state index < -0.39 is 6.30 Å². The lowest BCUT2D eigenvalue weighted by Gasteiger charge is -2.03. The van der Waals surface area contributed by atoms with Crippen LogP contribution in [0.5, 0.6) is 0 Å². The van der Waals surface area contributed by atoms with Crippen LogP contribution in [0.1, 0.15) is 6.42 Å². The number of halogens is 3. The van der Waals surface area contributed by atoms with Crippen molar-refractivity contribution in [1.82, 2.24) is 5.32 Å². The van der Waals surface area contributed by atoms with Crippen molar-refractivity contribution in [3.8, 4) is 0 Å². The number of rotatable bonds is 3. The second-order valence-electron chi connectivity index (χ2n) is 1.43. The molecule has 0 amide bonds. The van der Waals surface area contributed by atoms with Crippen molar-refractivity contribution in [1.29, 1.82) is 0 Å². The van der Waals surface area contributed by atoms with Gasteiger partial charge in [-0.2, -0.15) is 13.2 Å². The number of aliphatic hydroxyl groups is 1. The molecule has 1 N–H and O–H groups in total. The van der Waals surface area contributed by atoms with Gasteiger partial charge in [-0.05, 0) is 6.42 Å². The Bertz CT molecular complexity index is 72.7. The number of hydrogen-bond acceptors (Lipinski definition) is 1. The molecule has 0 bridgehead atoms. The summed E-state index contributed by atoms with van der Waals surface area (Å²) in [5.41, 5.74) is 0. The Hall–Kier alpha value is -0.290. The molecular weight excluding hydrogens is 135 g/mol. The van der Waals surface area contributed by atoms with Crippen molar-refractivity contribution in [2.24, 2.45) is 0 Å². The predicted octanol–water partition coefficient (Wildman–Crippen LogP) is 0.493. The van der Waals surface area contributed by atoms with Gasteiger partial charge in [0.1, 0.15) is 0 Å². The van der Waals surface area contributed by atoms with E-state index in [1.54, 1.807) is 0 Å². The van der Waals surface area contributed by atoms with E-state index >= 15 is 0 Å². The molecule has 0 saturated heterocycles. The molecule has 2 nitrogen and oxygen atoms in total. The van der Waals surface area contributed by atoms with Gasteiger partial charge in [0, 0.05) is 13.2 Å². The van der Waals surface area contributed by atoms with Crippen molar-refractivity contribution in [2.75, 3.05) is 13.2 Å². The summed E-state index contributed by atoms with van der Waals surface area (Å²) in [5.74, 6) is 0. The summed E-state index contributed by atoms with van der Waals surface area (Å²) in [4.78, 5) is 0. The standard InChI is InChI=1S/C4H7F3NO/c5-4(6,7)8-2-1-3-9/h9H,1-3H2. The molecule has 0 spiro atoms. The lowest BCUT2D eigenvalue weighted by molar-refractivity contribution is -0.160. The Morgan fingerprint density at radius 1 is 1.33 bits per heavy atom. The SMILES string of the molecule is OCCC[N]C(F)(F)F. The predicted molar refractivity (Wildman–Crippen MR) is 24.8 cm³/mol. The van der Waals surface area contributed by atoms with Gasteiger partial charge in [0.25, 0.3) is 0 Å². The largest absolute Gasteiger partial charge is 0.473 e. The molecule has 0 atom stereocenters. The molecule has 0 aromatic heterocycles. The summed E-state index contributed by atoms with van der Waals surface area (Å²) < 4.78 is 33.4. The zero-order chi connectivity index (χ0) is 7.33. The molecule has 55 valence electrons. The fraction of sp³-hybridized carbons (Fsp3) is 1.00. The highest BCUT2D eigenvalue weighted by atomic mass is 19.4. The van der Waals surface area contributed by atoms with Crippen LogP contribution >= 0.6 is 0 Å². The van der Waals surface area contributed by atoms with Crippen LogP contribution in [-0.4, -0.2) is 24.6 Å². The van der Waals surface area contributed by atoms with Crippen LogP contribution < -0.4 is 5.32 Å². The zero-order valence-electron chi connectivity index (χ0n) is 4.65. The Balaban J connectivity index is 3.07. The summed E-state index contributed by atoms with van der Waals surface area (Å²) in [6.45, 7) is -0.598. The van der Waals surface area contributed by atoms with Crippen molar-refractivity contribution in [3.63, 3.8) is 0 Å². The maximum Gasteiger partial charge on any atom is 0.473 e. The average molecular weight is 142 g/mol. The second kappa shape index (κ2) is 3.68. The maximum atomic E-state index is 11.1. The molecule has 0 aliphatic carbocycles. The molecule has 0 aromatic rings. The first-order chi connectivity index (χ1) is 4.06. The van der Waals surface area contributed by atoms with Crippen molar-refractivity contribution in [2.45, 2.75) is 12.7 Å². The van der Waals surface area contributed by atoms with Crippen LogP contribution in [0.3, 0.4) is 0 Å². The van der Waals surface area contributed by atoms with Gasteiger partial charge in [-0.1, -0.05) is 0 Å². The highest BCUT2D eigenvalue weighted by Crippen LogP contribution is 2.10. The van der Waals surface area contributed by atoms with E-state index in [4.69, 9.17) is 5.11 Å². The Morgan fingerprint density at radius 3 is 2.22 bits per heavy atom. The van der Waals surface area contributed by atoms with Crippen LogP contribution in [0.25, 0.3) is 0 Å². The summed E-state index contributed by atoms with van der Waals surface area (Å²) in [6, 6.07) is 0. The molecule has 9 heavy (non-hydrogen) atoms. The fourth-order valence-corrected chi connectivity index (χ4v) is 0.277. The summed E-state index contributed by atoms with van der Waals surface area (Å²) in [5, 5.41) is 10.3. The van der Waals surface area contributed by atoms with E-state index in [1.807, 2.05) is 0 Å². The Kier molecular flexibility index (Phi) is 3.56. The molecule has 1 radical (unpaired) electrons. The van der Waals surface area contributed by atoms with Gasteiger partial charge < -0.3 is 5.11 Å². The third kappa shape index (κ3) is 7.71. The smallest absolute Gasteiger partial charge is 0.396 e. The molecule has 0 unspecified atom stereocenters. The average Bonchev–Trinajstić information content (AvgIpc) is 1.63. The van der Waals surface area contributed by atoms with E-state index in [0.29, 0.717) is 0 Å². The first kappa shape index (κ1) is 8.71. The second-order valence-corrected chi connectivity index (χ2v) is 1.43. The molecule has 5 heteroatoms. The third-order valence-electron chi connectivity index (χ3n) is 0.607. The van der Waals surface area contributed by atoms with Gasteiger partial charge in [-0.25, -0.2) is 0 Å². The number of alkyl halides is 3. The van der Waals surface area contributed by atoms with E-state index in [2.05, 4.69) is 5.32 Å². The van der Waals surface area contributed by atoms with Crippen molar-refractivity contribution >= 4 is 0 Å². The van der Waals surface area contributed by atoms with Gasteiger partial charge in [-0.3, -0.25) is 0 Å². The fourth-order valence-electron chi connectivity index (χ4n) is 0.277. The minimum absolute atomic E-state index is 0.0690. The van der Waals surface area contributed by atoms with Gasteiger partial charge in [0.05, 0.1) is 0 Å². The lowest BCUT2D eigenvalue weighted by Crippen LogP contribution is -2.25. The van der Waals surface area contributed by atoms with Crippen molar-refractivity contribution < 1.29 is 18.3 Å². The monoisotopic (exact) mass is 142 g/mol. The van der Waals surface area contributed by atoms with Crippen LogP contribution in [-0.2, 0) is 0 Å². The highest BCUT2D eigenvalue weighted by Gasteiger charge is 2.27. The van der Waals surface area contributed by atoms with Gasteiger partial charge in [0.15, 0.2) is 0 Å². The minimum Gasteiger partial charge on any atom is -0.396 e. The Labute approximate surface area is 50.7 Å². The molecule has 0 aliphatic heterocycles. The first-order valence-corrected chi connectivity index (χ1v) is 2.42. The number of nitrogens with zero attached hydrogens (tertiary/aromatic N) is 1. The molecule has 0 heterocycles. The van der Waals surface area contributed by atoms with E-state index in [1.165, 1.54) is 0 Å². The highest BCUT2D eigenvalue weighted by molar-refractivity contribution is 4.46. The van der Waals surface area contributed by atoms with E-state index in [9.17, 15) is 13.2 Å². The third-order valence-corrected chi connectivity index (χ3v) is 0.607. The molecule has 0 fully saturated rings. The molecule has 0 aromatic carbocycles. The summed E-state index contributed by atoms with van der Waals surface area (Å²) in [6.07, 6.45) is -4.37. The van der Waals surface area contributed by atoms with Gasteiger partial charge in [0.2, 0.25) is 0 Å². The Morgan fingerprint density at radius 2 is 1.89 bits per heavy atom. The van der Waals surface area contributed by atoms with Crippen LogP contribution in [0.2, 0.25) is 0 Å². The van der Waals surface area contributed by atoms with Crippen molar-refractivity contribution in [3.05, 3.63) is 0 Å². The quantitative estimate of drug-likeness (QED) is 0.451. The van der Waals surface area contributed by atoms with Gasteiger partial charge >= 0.3 is 6.30 Å². The first-order valence-electron chi connectivity index (χ1n) is 2.42. The summed E-state index contributed by atoms with van der Waals surface area (Å²) in [7, 11) is 0.